The minimum absolute atomic E-state index is 0.231. The van der Waals surface area contributed by atoms with E-state index in [1.54, 1.807) is 35.8 Å². The van der Waals surface area contributed by atoms with Gasteiger partial charge in [-0.2, -0.15) is 0 Å². The maximum Gasteiger partial charge on any atom is 0.338 e. The van der Waals surface area contributed by atoms with Crippen LogP contribution in [-0.2, 0) is 20.8 Å². The van der Waals surface area contributed by atoms with Gasteiger partial charge in [0.1, 0.15) is 0 Å². The number of esters is 2. The molecule has 0 saturated heterocycles. The van der Waals surface area contributed by atoms with Crippen molar-refractivity contribution in [1.82, 2.24) is 9.13 Å². The molecule has 10 nitrogen and oxygen atoms in total. The third-order valence-electron chi connectivity index (χ3n) is 8.37. The number of methoxy groups -OCH3 is 1. The molecule has 1 aliphatic rings. The first kappa shape index (κ1) is 33.5. The minimum Gasteiger partial charge on any atom is -0.490 e. The van der Waals surface area contributed by atoms with Crippen LogP contribution in [0.5, 0.6) is 11.5 Å². The second-order valence-corrected chi connectivity index (χ2v) is 12.3. The summed E-state index contributed by atoms with van der Waals surface area (Å²) in [5.74, 6) is 0.165. The van der Waals surface area contributed by atoms with Crippen LogP contribution in [0.2, 0.25) is 0 Å². The lowest BCUT2D eigenvalue weighted by Gasteiger charge is -2.23. The molecule has 1 aliphatic heterocycles. The predicted molar refractivity (Wildman–Crippen MR) is 188 cm³/mol. The van der Waals surface area contributed by atoms with Crippen LogP contribution in [0, 0.1) is 6.92 Å². The van der Waals surface area contributed by atoms with Crippen LogP contribution in [0.4, 0.5) is 0 Å². The summed E-state index contributed by atoms with van der Waals surface area (Å²) in [5.41, 5.74) is 5.03. The highest BCUT2D eigenvalue weighted by Crippen LogP contribution is 2.35. The van der Waals surface area contributed by atoms with Crippen LogP contribution >= 0.6 is 11.3 Å². The zero-order valence-corrected chi connectivity index (χ0v) is 28.8. The van der Waals surface area contributed by atoms with Crippen LogP contribution in [0.3, 0.4) is 0 Å². The maximum absolute atomic E-state index is 14.3. The van der Waals surface area contributed by atoms with Gasteiger partial charge in [-0.25, -0.2) is 14.6 Å². The molecule has 49 heavy (non-hydrogen) atoms. The molecular formula is C38H37N3O7S. The number of fused-ring (bicyclic) bond motifs is 2. The van der Waals surface area contributed by atoms with Crippen LogP contribution in [0.15, 0.2) is 88.3 Å². The van der Waals surface area contributed by atoms with Crippen molar-refractivity contribution in [3.8, 4) is 11.5 Å². The van der Waals surface area contributed by atoms with Crippen molar-refractivity contribution in [2.75, 3.05) is 26.9 Å². The molecule has 252 valence electrons. The van der Waals surface area contributed by atoms with E-state index in [4.69, 9.17) is 18.9 Å². The van der Waals surface area contributed by atoms with Gasteiger partial charge in [0.15, 0.2) is 16.3 Å². The van der Waals surface area contributed by atoms with Gasteiger partial charge in [0.25, 0.3) is 5.56 Å². The average Bonchev–Trinajstić information content (AvgIpc) is 3.57. The van der Waals surface area contributed by atoms with Crippen molar-refractivity contribution in [3.05, 3.63) is 126 Å². The van der Waals surface area contributed by atoms with Crippen LogP contribution in [-0.4, -0.2) is 48.0 Å². The quantitative estimate of drug-likeness (QED) is 0.174. The molecule has 0 radical (unpaired) electrons. The highest BCUT2D eigenvalue weighted by Gasteiger charge is 2.31. The second-order valence-electron chi connectivity index (χ2n) is 11.3. The molecule has 0 N–H and O–H groups in total. The van der Waals surface area contributed by atoms with E-state index in [0.29, 0.717) is 58.3 Å². The number of aromatic nitrogens is 2. The SMILES string of the molecule is CCOC(=O)c1ccc(Cn2c(C)c(/C=c3/sc4n(c3=O)[C@@H](c3ccc(OCC)c(OCC)c3)C(C(=O)OC)=CN=4)c3ccccc32)cc1. The summed E-state index contributed by atoms with van der Waals surface area (Å²) in [5, 5.41) is 0.994. The van der Waals surface area contributed by atoms with Crippen molar-refractivity contribution in [2.24, 2.45) is 4.99 Å². The van der Waals surface area contributed by atoms with Crippen molar-refractivity contribution >= 4 is 40.3 Å². The molecular weight excluding hydrogens is 642 g/mol. The Morgan fingerprint density at radius 1 is 0.918 bits per heavy atom. The standard InChI is InChI=1S/C38H37N3O7S/c1-6-46-31-18-17-26(19-32(31)47-7-2)34-29(37(44)45-5)21-39-38-41(34)35(42)33(49-38)20-28-23(4)40(30-12-10-9-11-27(28)30)22-24-13-15-25(16-14-24)36(43)48-8-3/h9-21,34H,6-8,22H2,1-5H3/b33-20+/t34-/m0/s1. The van der Waals surface area contributed by atoms with E-state index in [1.807, 2.05) is 63.2 Å². The van der Waals surface area contributed by atoms with Gasteiger partial charge < -0.3 is 23.5 Å². The molecule has 11 heteroatoms. The molecule has 0 amide bonds. The Hall–Kier alpha value is -5.42. The number of thiazole rings is 1. The smallest absolute Gasteiger partial charge is 0.338 e. The number of benzene rings is 3. The first-order valence-electron chi connectivity index (χ1n) is 16.1. The highest BCUT2D eigenvalue weighted by molar-refractivity contribution is 7.07. The summed E-state index contributed by atoms with van der Waals surface area (Å²) in [4.78, 5) is 44.5. The van der Waals surface area contributed by atoms with E-state index in [0.717, 1.165) is 27.7 Å². The predicted octanol–water partition coefficient (Wildman–Crippen LogP) is 5.30. The Morgan fingerprint density at radius 3 is 2.37 bits per heavy atom. The number of rotatable bonds is 11. The molecule has 0 spiro atoms. The average molecular weight is 680 g/mol. The van der Waals surface area contributed by atoms with E-state index in [9.17, 15) is 14.4 Å². The van der Waals surface area contributed by atoms with Crippen molar-refractivity contribution < 1.29 is 28.5 Å². The van der Waals surface area contributed by atoms with Crippen LogP contribution in [0.25, 0.3) is 17.0 Å². The number of nitrogens with zero attached hydrogens (tertiary/aromatic N) is 3. The van der Waals surface area contributed by atoms with Crippen molar-refractivity contribution in [3.63, 3.8) is 0 Å². The zero-order valence-electron chi connectivity index (χ0n) is 28.0. The topological polar surface area (TPSA) is 110 Å². The van der Waals surface area contributed by atoms with E-state index in [1.165, 1.54) is 24.6 Å². The minimum atomic E-state index is -0.791. The van der Waals surface area contributed by atoms with E-state index < -0.39 is 12.0 Å². The van der Waals surface area contributed by atoms with Crippen LogP contribution in [0.1, 0.15) is 59.6 Å². The summed E-state index contributed by atoms with van der Waals surface area (Å²) >= 11 is 1.26. The van der Waals surface area contributed by atoms with Gasteiger partial charge in [-0.15, -0.1) is 0 Å². The molecule has 2 aromatic heterocycles. The Labute approximate surface area is 287 Å². The van der Waals surface area contributed by atoms with Gasteiger partial charge in [-0.05, 0) is 75.2 Å². The summed E-state index contributed by atoms with van der Waals surface area (Å²) < 4.78 is 26.1. The van der Waals surface area contributed by atoms with Gasteiger partial charge in [0.05, 0.1) is 48.6 Å². The van der Waals surface area contributed by atoms with Gasteiger partial charge in [0.2, 0.25) is 0 Å². The van der Waals surface area contributed by atoms with E-state index in [2.05, 4.69) is 15.6 Å². The number of hydrogen-bond donors (Lipinski definition) is 0. The highest BCUT2D eigenvalue weighted by atomic mass is 32.1. The van der Waals surface area contributed by atoms with Gasteiger partial charge >= 0.3 is 11.9 Å². The Balaban J connectivity index is 1.46. The fourth-order valence-electron chi connectivity index (χ4n) is 6.11. The normalized spacial score (nSPS) is 14.2. The molecule has 0 bridgehead atoms. The number of carbonyl (C=O) groups excluding carboxylic acids is 2. The number of carbonyl (C=O) groups is 2. The molecule has 3 heterocycles. The van der Waals surface area contributed by atoms with E-state index >= 15 is 0 Å². The Bertz CT molecular complexity index is 2260. The monoisotopic (exact) mass is 679 g/mol. The molecule has 0 saturated carbocycles. The Kier molecular flexibility index (Phi) is 9.82. The van der Waals surface area contributed by atoms with Gasteiger partial charge in [-0.1, -0.05) is 47.7 Å². The van der Waals surface area contributed by atoms with E-state index in [-0.39, 0.29) is 17.1 Å². The molecule has 3 aromatic carbocycles. The third kappa shape index (κ3) is 6.41. The largest absolute Gasteiger partial charge is 0.490 e. The third-order valence-corrected chi connectivity index (χ3v) is 9.37. The first-order valence-corrected chi connectivity index (χ1v) is 16.9. The molecule has 1 atom stereocenters. The summed E-state index contributed by atoms with van der Waals surface area (Å²) in [6.45, 7) is 9.34. The molecule has 0 unspecified atom stereocenters. The molecule has 0 aliphatic carbocycles. The van der Waals surface area contributed by atoms with Gasteiger partial charge in [0, 0.05) is 34.9 Å². The number of ether oxygens (including phenoxy) is 4. The summed E-state index contributed by atoms with van der Waals surface area (Å²) in [6, 6.07) is 20.1. The van der Waals surface area contributed by atoms with Crippen molar-refractivity contribution in [1.29, 1.82) is 0 Å². The fraction of sp³-hybridized carbons (Fsp3) is 0.263. The van der Waals surface area contributed by atoms with Crippen molar-refractivity contribution in [2.45, 2.75) is 40.3 Å². The maximum atomic E-state index is 14.3. The Morgan fingerprint density at radius 2 is 1.65 bits per heavy atom. The second kappa shape index (κ2) is 14.4. The summed E-state index contributed by atoms with van der Waals surface area (Å²) in [7, 11) is 1.31. The lowest BCUT2D eigenvalue weighted by Crippen LogP contribution is -2.39. The molecule has 6 rings (SSSR count). The summed E-state index contributed by atoms with van der Waals surface area (Å²) in [6.07, 6.45) is 3.39. The number of hydrogen-bond acceptors (Lipinski definition) is 9. The zero-order chi connectivity index (χ0) is 34.7. The molecule has 0 fully saturated rings. The lowest BCUT2D eigenvalue weighted by molar-refractivity contribution is -0.136. The molecule has 5 aromatic rings. The fourth-order valence-corrected chi connectivity index (χ4v) is 7.06. The van der Waals surface area contributed by atoms with Crippen LogP contribution < -0.4 is 24.4 Å². The van der Waals surface area contributed by atoms with Gasteiger partial charge in [-0.3, -0.25) is 9.36 Å². The lowest BCUT2D eigenvalue weighted by atomic mass is 9.97. The first-order chi connectivity index (χ1) is 23.8. The number of para-hydroxylation sites is 1.